The third-order valence-corrected chi connectivity index (χ3v) is 2.70. The molecule has 0 saturated carbocycles. The SMILES string of the molecule is CCCCCCNC(=O)C(F)(F)Cn1cnc([N+](=O)[O-])n1. The highest BCUT2D eigenvalue weighted by atomic mass is 19.3. The Balaban J connectivity index is 2.47. The Kier molecular flexibility index (Phi) is 6.12. The van der Waals surface area contributed by atoms with Gasteiger partial charge in [0.15, 0.2) is 0 Å². The van der Waals surface area contributed by atoms with Gasteiger partial charge in [-0.15, -0.1) is 0 Å². The Morgan fingerprint density at radius 1 is 1.48 bits per heavy atom. The molecule has 10 heteroatoms. The van der Waals surface area contributed by atoms with E-state index in [0.717, 1.165) is 25.6 Å². The molecule has 21 heavy (non-hydrogen) atoms. The fourth-order valence-electron chi connectivity index (χ4n) is 1.60. The van der Waals surface area contributed by atoms with E-state index >= 15 is 0 Å². The van der Waals surface area contributed by atoms with Crippen molar-refractivity contribution in [3.63, 3.8) is 0 Å². The van der Waals surface area contributed by atoms with Gasteiger partial charge in [0.1, 0.15) is 6.54 Å². The van der Waals surface area contributed by atoms with Crippen LogP contribution in [-0.2, 0) is 11.3 Å². The molecular formula is C11H17F2N5O3. The Labute approximate surface area is 119 Å². The van der Waals surface area contributed by atoms with Crippen LogP contribution in [0.4, 0.5) is 14.7 Å². The number of hydrogen-bond acceptors (Lipinski definition) is 5. The third-order valence-electron chi connectivity index (χ3n) is 2.70. The molecule has 0 aliphatic carbocycles. The minimum absolute atomic E-state index is 0.173. The van der Waals surface area contributed by atoms with Crippen molar-refractivity contribution in [1.29, 1.82) is 0 Å². The third kappa shape index (κ3) is 5.40. The lowest BCUT2D eigenvalue weighted by Crippen LogP contribution is -2.43. The summed E-state index contributed by atoms with van der Waals surface area (Å²) in [6.07, 6.45) is 4.27. The molecule has 0 atom stereocenters. The van der Waals surface area contributed by atoms with E-state index in [-0.39, 0.29) is 6.54 Å². The molecular weight excluding hydrogens is 288 g/mol. The van der Waals surface area contributed by atoms with Gasteiger partial charge in [-0.1, -0.05) is 31.2 Å². The number of hydrogen-bond donors (Lipinski definition) is 1. The van der Waals surface area contributed by atoms with Crippen LogP contribution in [-0.4, -0.2) is 38.1 Å². The number of unbranched alkanes of at least 4 members (excludes halogenated alkanes) is 3. The van der Waals surface area contributed by atoms with Crippen LogP contribution in [0.3, 0.4) is 0 Å². The molecule has 0 radical (unpaired) electrons. The summed E-state index contributed by atoms with van der Waals surface area (Å²) in [5, 5.41) is 15.7. The molecule has 0 spiro atoms. The van der Waals surface area contributed by atoms with Crippen LogP contribution in [0.25, 0.3) is 0 Å². The quantitative estimate of drug-likeness (QED) is 0.423. The lowest BCUT2D eigenvalue weighted by atomic mass is 10.2. The van der Waals surface area contributed by atoms with Crippen molar-refractivity contribution < 1.29 is 18.5 Å². The zero-order chi connectivity index (χ0) is 15.9. The van der Waals surface area contributed by atoms with Crippen molar-refractivity contribution >= 4 is 11.9 Å². The van der Waals surface area contributed by atoms with Gasteiger partial charge >= 0.3 is 11.9 Å². The number of nitro groups is 1. The molecule has 0 unspecified atom stereocenters. The van der Waals surface area contributed by atoms with E-state index in [4.69, 9.17) is 0 Å². The van der Waals surface area contributed by atoms with Crippen LogP contribution in [0.2, 0.25) is 0 Å². The smallest absolute Gasteiger partial charge is 0.390 e. The summed E-state index contributed by atoms with van der Waals surface area (Å²) in [6, 6.07) is 0. The average molecular weight is 305 g/mol. The molecule has 1 N–H and O–H groups in total. The van der Waals surface area contributed by atoms with E-state index in [1.165, 1.54) is 0 Å². The molecule has 8 nitrogen and oxygen atoms in total. The topological polar surface area (TPSA) is 103 Å². The molecule has 0 saturated heterocycles. The van der Waals surface area contributed by atoms with E-state index in [2.05, 4.69) is 15.4 Å². The van der Waals surface area contributed by atoms with E-state index < -0.39 is 29.2 Å². The molecule has 118 valence electrons. The number of nitrogens with zero attached hydrogens (tertiary/aromatic N) is 4. The Morgan fingerprint density at radius 3 is 2.76 bits per heavy atom. The number of aromatic nitrogens is 3. The number of halogens is 2. The Bertz CT molecular complexity index is 492. The summed E-state index contributed by atoms with van der Waals surface area (Å²) in [6.45, 7) is 1.10. The standard InChI is InChI=1S/C11H17F2N5O3/c1-2-3-4-5-6-14-9(19)11(12,13)7-17-8-15-10(16-17)18(20)21/h8H,2-7H2,1H3,(H,14,19). The average Bonchev–Trinajstić information content (AvgIpc) is 2.86. The van der Waals surface area contributed by atoms with Crippen molar-refractivity contribution in [2.45, 2.75) is 45.1 Å². The minimum Gasteiger partial charge on any atom is -0.390 e. The fraction of sp³-hybridized carbons (Fsp3) is 0.727. The molecule has 0 aliphatic rings. The van der Waals surface area contributed by atoms with Gasteiger partial charge in [-0.3, -0.25) is 4.79 Å². The molecule has 0 bridgehead atoms. The predicted molar refractivity (Wildman–Crippen MR) is 68.8 cm³/mol. The number of amides is 1. The van der Waals surface area contributed by atoms with E-state index in [9.17, 15) is 23.7 Å². The number of rotatable bonds is 9. The summed E-state index contributed by atoms with van der Waals surface area (Å²) in [4.78, 5) is 24.1. The van der Waals surface area contributed by atoms with Crippen LogP contribution < -0.4 is 5.32 Å². The van der Waals surface area contributed by atoms with Crippen LogP contribution >= 0.6 is 0 Å². The van der Waals surface area contributed by atoms with Gasteiger partial charge in [0, 0.05) is 11.6 Å². The van der Waals surface area contributed by atoms with Gasteiger partial charge in [-0.2, -0.15) is 13.5 Å². The maximum absolute atomic E-state index is 13.6. The van der Waals surface area contributed by atoms with Crippen molar-refractivity contribution in [3.8, 4) is 0 Å². The number of alkyl halides is 2. The summed E-state index contributed by atoms with van der Waals surface area (Å²) >= 11 is 0. The second-order valence-electron chi connectivity index (χ2n) is 4.52. The lowest BCUT2D eigenvalue weighted by molar-refractivity contribution is -0.394. The van der Waals surface area contributed by atoms with E-state index in [1.807, 2.05) is 6.92 Å². The Morgan fingerprint density at radius 2 is 2.19 bits per heavy atom. The zero-order valence-corrected chi connectivity index (χ0v) is 11.6. The van der Waals surface area contributed by atoms with E-state index in [1.54, 1.807) is 0 Å². The highest BCUT2D eigenvalue weighted by Crippen LogP contribution is 2.16. The van der Waals surface area contributed by atoms with Crippen LogP contribution in [0.5, 0.6) is 0 Å². The zero-order valence-electron chi connectivity index (χ0n) is 11.6. The van der Waals surface area contributed by atoms with Crippen molar-refractivity contribution in [3.05, 3.63) is 16.4 Å². The molecule has 0 aromatic carbocycles. The molecule has 1 rings (SSSR count). The van der Waals surface area contributed by atoms with Crippen molar-refractivity contribution in [2.75, 3.05) is 6.54 Å². The highest BCUT2D eigenvalue weighted by Gasteiger charge is 2.40. The van der Waals surface area contributed by atoms with Gasteiger partial charge in [-0.25, -0.2) is 0 Å². The van der Waals surface area contributed by atoms with Crippen molar-refractivity contribution in [2.24, 2.45) is 0 Å². The number of nitrogens with one attached hydrogen (secondary N) is 1. The predicted octanol–water partition coefficient (Wildman–Crippen LogP) is 1.52. The number of carbonyl (C=O) groups excluding carboxylic acids is 1. The molecule has 1 aromatic heterocycles. The van der Waals surface area contributed by atoms with E-state index in [0.29, 0.717) is 11.1 Å². The van der Waals surface area contributed by atoms with Gasteiger partial charge < -0.3 is 15.4 Å². The monoisotopic (exact) mass is 305 g/mol. The second-order valence-corrected chi connectivity index (χ2v) is 4.52. The lowest BCUT2D eigenvalue weighted by Gasteiger charge is -2.14. The minimum atomic E-state index is -3.70. The summed E-state index contributed by atoms with van der Waals surface area (Å²) in [5.41, 5.74) is 0. The first-order valence-electron chi connectivity index (χ1n) is 6.56. The highest BCUT2D eigenvalue weighted by molar-refractivity contribution is 5.83. The van der Waals surface area contributed by atoms with Gasteiger partial charge in [-0.05, 0) is 11.3 Å². The van der Waals surface area contributed by atoms with Crippen molar-refractivity contribution in [1.82, 2.24) is 20.1 Å². The van der Waals surface area contributed by atoms with Gasteiger partial charge in [0.05, 0.1) is 0 Å². The first-order chi connectivity index (χ1) is 9.86. The number of carbonyl (C=O) groups is 1. The normalized spacial score (nSPS) is 11.4. The maximum atomic E-state index is 13.6. The fourth-order valence-corrected chi connectivity index (χ4v) is 1.60. The summed E-state index contributed by atoms with van der Waals surface area (Å²) < 4.78 is 27.8. The maximum Gasteiger partial charge on any atom is 0.490 e. The second kappa shape index (κ2) is 7.60. The molecule has 1 amide bonds. The Hall–Kier alpha value is -2.13. The van der Waals surface area contributed by atoms with Gasteiger partial charge in [0.2, 0.25) is 6.33 Å². The molecule has 1 heterocycles. The van der Waals surface area contributed by atoms with Crippen LogP contribution in [0, 0.1) is 10.1 Å². The largest absolute Gasteiger partial charge is 0.490 e. The molecule has 0 aliphatic heterocycles. The summed E-state index contributed by atoms with van der Waals surface area (Å²) in [7, 11) is 0. The van der Waals surface area contributed by atoms with Gasteiger partial charge in [0.25, 0.3) is 5.91 Å². The summed E-state index contributed by atoms with van der Waals surface area (Å²) in [5.74, 6) is -5.91. The van der Waals surface area contributed by atoms with Crippen LogP contribution in [0.1, 0.15) is 32.6 Å². The molecule has 1 aromatic rings. The first kappa shape index (κ1) is 16.9. The molecule has 0 fully saturated rings. The van der Waals surface area contributed by atoms with Crippen LogP contribution in [0.15, 0.2) is 6.33 Å². The first-order valence-corrected chi connectivity index (χ1v) is 6.56.